The van der Waals surface area contributed by atoms with E-state index in [-0.39, 0.29) is 27.7 Å². The molecule has 0 radical (unpaired) electrons. The Labute approximate surface area is 145 Å². The number of carbonyl (C=O) groups is 2. The lowest BCUT2D eigenvalue weighted by atomic mass is 10.2. The molecule has 0 unspecified atom stereocenters. The number of aromatic nitrogens is 2. The van der Waals surface area contributed by atoms with Crippen LogP contribution >= 0.6 is 11.8 Å². The predicted octanol–water partition coefficient (Wildman–Crippen LogP) is 0.540. The number of aryl methyl sites for hydroxylation is 1. The highest BCUT2D eigenvalue weighted by atomic mass is 32.2. The molecule has 130 valence electrons. The van der Waals surface area contributed by atoms with Crippen molar-refractivity contribution in [1.82, 2.24) is 20.8 Å². The molecular formula is C14H13N5O5S. The summed E-state index contributed by atoms with van der Waals surface area (Å²) in [4.78, 5) is 51.7. The van der Waals surface area contributed by atoms with Crippen molar-refractivity contribution in [1.29, 1.82) is 0 Å². The van der Waals surface area contributed by atoms with Crippen molar-refractivity contribution < 1.29 is 14.5 Å². The molecule has 1 aromatic carbocycles. The van der Waals surface area contributed by atoms with Crippen LogP contribution in [0.15, 0.2) is 40.3 Å². The molecule has 25 heavy (non-hydrogen) atoms. The molecule has 3 N–H and O–H groups in total. The maximum absolute atomic E-state index is 11.9. The van der Waals surface area contributed by atoms with Crippen LogP contribution < -0.4 is 16.4 Å². The molecule has 10 nitrogen and oxygen atoms in total. The van der Waals surface area contributed by atoms with Crippen LogP contribution in [0.25, 0.3) is 0 Å². The summed E-state index contributed by atoms with van der Waals surface area (Å²) in [5.74, 6) is -1.50. The molecule has 2 aromatic rings. The highest BCUT2D eigenvalue weighted by Gasteiger charge is 2.19. The van der Waals surface area contributed by atoms with Crippen LogP contribution in [0.1, 0.15) is 16.1 Å². The molecule has 0 aliphatic heterocycles. The van der Waals surface area contributed by atoms with Gasteiger partial charge in [-0.15, -0.1) is 0 Å². The summed E-state index contributed by atoms with van der Waals surface area (Å²) in [6, 6.07) is 6.68. The standard InChI is InChI=1S/C14H13N5O5S/c1-8-6-11(20)16-14(15-8)25-7-12(21)17-18-13(22)9-4-2-3-5-10(9)19(23)24/h2-6H,7H2,1H3,(H,17,21)(H,18,22)(H,15,16,20). The first-order valence-electron chi connectivity index (χ1n) is 6.90. The van der Waals surface area contributed by atoms with Crippen molar-refractivity contribution in [3.63, 3.8) is 0 Å². The number of para-hydroxylation sites is 1. The number of carbonyl (C=O) groups excluding carboxylic acids is 2. The van der Waals surface area contributed by atoms with Gasteiger partial charge in [0, 0.05) is 17.8 Å². The van der Waals surface area contributed by atoms with Crippen LogP contribution in [0.2, 0.25) is 0 Å². The highest BCUT2D eigenvalue weighted by Crippen LogP contribution is 2.17. The largest absolute Gasteiger partial charge is 0.301 e. The number of nitro benzene ring substituents is 1. The Morgan fingerprint density at radius 1 is 1.32 bits per heavy atom. The smallest absolute Gasteiger partial charge is 0.282 e. The molecule has 0 spiro atoms. The van der Waals surface area contributed by atoms with E-state index < -0.39 is 16.7 Å². The lowest BCUT2D eigenvalue weighted by Gasteiger charge is -2.07. The Morgan fingerprint density at radius 3 is 2.72 bits per heavy atom. The van der Waals surface area contributed by atoms with Crippen LogP contribution in [-0.4, -0.2) is 32.5 Å². The molecule has 2 amide bonds. The summed E-state index contributed by atoms with van der Waals surface area (Å²) in [6.45, 7) is 1.65. The number of hydrazine groups is 1. The van der Waals surface area contributed by atoms with E-state index in [0.717, 1.165) is 11.8 Å². The molecule has 0 aliphatic rings. The van der Waals surface area contributed by atoms with E-state index in [0.29, 0.717) is 5.69 Å². The van der Waals surface area contributed by atoms with E-state index in [4.69, 9.17) is 0 Å². The van der Waals surface area contributed by atoms with Gasteiger partial charge in [0.25, 0.3) is 17.2 Å². The van der Waals surface area contributed by atoms with Crippen LogP contribution in [0.3, 0.4) is 0 Å². The predicted molar refractivity (Wildman–Crippen MR) is 89.0 cm³/mol. The maximum Gasteiger partial charge on any atom is 0.282 e. The third kappa shape index (κ3) is 5.14. The molecular weight excluding hydrogens is 350 g/mol. The second-order valence-electron chi connectivity index (χ2n) is 4.76. The summed E-state index contributed by atoms with van der Waals surface area (Å²) in [6.07, 6.45) is 0. The third-order valence-electron chi connectivity index (χ3n) is 2.85. The quantitative estimate of drug-likeness (QED) is 0.304. The van der Waals surface area contributed by atoms with Crippen molar-refractivity contribution in [2.45, 2.75) is 12.1 Å². The first-order chi connectivity index (χ1) is 11.9. The lowest BCUT2D eigenvalue weighted by Crippen LogP contribution is -2.42. The molecule has 2 rings (SSSR count). The third-order valence-corrected chi connectivity index (χ3v) is 3.72. The summed E-state index contributed by atoms with van der Waals surface area (Å²) >= 11 is 0.974. The fourth-order valence-corrected chi connectivity index (χ4v) is 2.53. The molecule has 0 fully saturated rings. The van der Waals surface area contributed by atoms with Gasteiger partial charge in [0.05, 0.1) is 10.7 Å². The van der Waals surface area contributed by atoms with Gasteiger partial charge in [0.15, 0.2) is 5.16 Å². The number of H-pyrrole nitrogens is 1. The monoisotopic (exact) mass is 363 g/mol. The van der Waals surface area contributed by atoms with Gasteiger partial charge in [-0.1, -0.05) is 23.9 Å². The molecule has 1 heterocycles. The first-order valence-corrected chi connectivity index (χ1v) is 7.88. The zero-order chi connectivity index (χ0) is 18.4. The number of rotatable bonds is 5. The van der Waals surface area contributed by atoms with Crippen molar-refractivity contribution in [2.75, 3.05) is 5.75 Å². The summed E-state index contributed by atoms with van der Waals surface area (Å²) in [5, 5.41) is 11.1. The second-order valence-corrected chi connectivity index (χ2v) is 5.72. The number of nitro groups is 1. The minimum Gasteiger partial charge on any atom is -0.301 e. The molecule has 0 aliphatic carbocycles. The van der Waals surface area contributed by atoms with Gasteiger partial charge in [0.1, 0.15) is 5.56 Å². The minimum absolute atomic E-state index is 0.121. The zero-order valence-electron chi connectivity index (χ0n) is 12.9. The average molecular weight is 363 g/mol. The Balaban J connectivity index is 1.90. The SMILES string of the molecule is Cc1cc(=O)[nH]c(SCC(=O)NNC(=O)c2ccccc2[N+](=O)[O-])n1. The van der Waals surface area contributed by atoms with Gasteiger partial charge < -0.3 is 4.98 Å². The van der Waals surface area contributed by atoms with E-state index in [9.17, 15) is 24.5 Å². The number of amides is 2. The Bertz CT molecular complexity index is 882. The minimum atomic E-state index is -0.812. The molecule has 0 atom stereocenters. The second kappa shape index (κ2) is 8.06. The van der Waals surface area contributed by atoms with Gasteiger partial charge in [0.2, 0.25) is 5.91 Å². The highest BCUT2D eigenvalue weighted by molar-refractivity contribution is 7.99. The van der Waals surface area contributed by atoms with E-state index in [2.05, 4.69) is 20.8 Å². The van der Waals surface area contributed by atoms with Gasteiger partial charge in [-0.05, 0) is 13.0 Å². The van der Waals surface area contributed by atoms with Crippen LogP contribution in [0.4, 0.5) is 5.69 Å². The molecule has 0 saturated heterocycles. The number of nitrogens with one attached hydrogen (secondary N) is 3. The number of hydrogen-bond acceptors (Lipinski definition) is 7. The van der Waals surface area contributed by atoms with Crippen molar-refractivity contribution >= 4 is 29.3 Å². The van der Waals surface area contributed by atoms with Gasteiger partial charge >= 0.3 is 0 Å². The number of aromatic amines is 1. The summed E-state index contributed by atoms with van der Waals surface area (Å²) in [7, 11) is 0. The van der Waals surface area contributed by atoms with Crippen molar-refractivity contribution in [3.05, 3.63) is 62.1 Å². The fourth-order valence-electron chi connectivity index (χ4n) is 1.81. The van der Waals surface area contributed by atoms with Crippen LogP contribution in [-0.2, 0) is 4.79 Å². The molecule has 0 saturated carbocycles. The molecule has 0 bridgehead atoms. The van der Waals surface area contributed by atoms with Crippen molar-refractivity contribution in [2.24, 2.45) is 0 Å². The first kappa shape index (κ1) is 18.1. The van der Waals surface area contributed by atoms with E-state index >= 15 is 0 Å². The number of nitrogens with zero attached hydrogens (tertiary/aromatic N) is 2. The van der Waals surface area contributed by atoms with E-state index in [1.165, 1.54) is 30.3 Å². The zero-order valence-corrected chi connectivity index (χ0v) is 13.8. The van der Waals surface area contributed by atoms with E-state index in [1.54, 1.807) is 6.92 Å². The normalized spacial score (nSPS) is 10.1. The molecule has 1 aromatic heterocycles. The summed E-state index contributed by atoms with van der Waals surface area (Å²) < 4.78 is 0. The Hall–Kier alpha value is -3.21. The van der Waals surface area contributed by atoms with Crippen LogP contribution in [0.5, 0.6) is 0 Å². The van der Waals surface area contributed by atoms with E-state index in [1.807, 2.05) is 0 Å². The topological polar surface area (TPSA) is 147 Å². The lowest BCUT2D eigenvalue weighted by molar-refractivity contribution is -0.385. The van der Waals surface area contributed by atoms with Gasteiger partial charge in [-0.3, -0.25) is 35.3 Å². The van der Waals surface area contributed by atoms with Crippen molar-refractivity contribution in [3.8, 4) is 0 Å². The number of benzene rings is 1. The number of thioether (sulfide) groups is 1. The van der Waals surface area contributed by atoms with Gasteiger partial charge in [-0.2, -0.15) is 0 Å². The Morgan fingerprint density at radius 2 is 2.04 bits per heavy atom. The van der Waals surface area contributed by atoms with Crippen LogP contribution in [0, 0.1) is 17.0 Å². The molecule has 11 heteroatoms. The Kier molecular flexibility index (Phi) is 5.84. The average Bonchev–Trinajstić information content (AvgIpc) is 2.57. The number of hydrogen-bond donors (Lipinski definition) is 3. The fraction of sp³-hybridized carbons (Fsp3) is 0.143. The van der Waals surface area contributed by atoms with Gasteiger partial charge in [-0.25, -0.2) is 4.98 Å². The maximum atomic E-state index is 11.9. The summed E-state index contributed by atoms with van der Waals surface area (Å²) in [5.41, 5.74) is 3.88.